The minimum atomic E-state index is 1.04. The van der Waals surface area contributed by atoms with Crippen LogP contribution < -0.4 is 0 Å². The van der Waals surface area contributed by atoms with Crippen LogP contribution in [0.1, 0.15) is 5.56 Å². The molecule has 0 N–H and O–H groups in total. The molecule has 0 fully saturated rings. The third-order valence-electron chi connectivity index (χ3n) is 0.910. The molecule has 0 atom stereocenters. The molecule has 1 aromatic rings. The van der Waals surface area contributed by atoms with Crippen LogP contribution in [-0.4, -0.2) is 0 Å². The molecular weight excluding hydrogens is 223 g/mol. The van der Waals surface area contributed by atoms with Gasteiger partial charge in [0.2, 0.25) is 0 Å². The van der Waals surface area contributed by atoms with Gasteiger partial charge in [-0.05, 0) is 22.1 Å². The van der Waals surface area contributed by atoms with Crippen molar-refractivity contribution < 1.29 is 0 Å². The first-order valence-corrected chi connectivity index (χ1v) is 3.59. The zero-order valence-corrected chi connectivity index (χ0v) is 6.84. The predicted molar refractivity (Wildman–Crippen MR) is 46.2 cm³/mol. The maximum atomic E-state index is 2.92. The van der Waals surface area contributed by atoms with Gasteiger partial charge in [0.15, 0.2) is 0 Å². The van der Waals surface area contributed by atoms with E-state index < -0.39 is 0 Å². The van der Waals surface area contributed by atoms with Crippen LogP contribution in [0.25, 0.3) is 0 Å². The van der Waals surface area contributed by atoms with Crippen molar-refractivity contribution in [2.24, 2.45) is 0 Å². The van der Waals surface area contributed by atoms with Crippen LogP contribution in [0.5, 0.6) is 0 Å². The Balaban J connectivity index is 2.94. The zero-order valence-electron chi connectivity index (χ0n) is 4.69. The summed E-state index contributed by atoms with van der Waals surface area (Å²) in [6, 6.07) is 10.5. The lowest BCUT2D eigenvalue weighted by atomic mass is 10.2. The van der Waals surface area contributed by atoms with Crippen LogP contribution in [0.15, 0.2) is 24.3 Å². The van der Waals surface area contributed by atoms with E-state index in [0.717, 1.165) is 5.56 Å². The minimum Gasteiger partial charge on any atom is -0.0556 e. The fourth-order valence-electron chi connectivity index (χ4n) is 0.525. The summed E-state index contributed by atoms with van der Waals surface area (Å²) in [7, 11) is 0. The quantitative estimate of drug-likeness (QED) is 0.471. The van der Waals surface area contributed by atoms with Gasteiger partial charge in [-0.2, -0.15) is 0 Å². The molecule has 0 heterocycles. The van der Waals surface area contributed by atoms with E-state index in [0.29, 0.717) is 0 Å². The van der Waals surface area contributed by atoms with Crippen LogP contribution in [0.4, 0.5) is 0 Å². The highest BCUT2D eigenvalue weighted by molar-refractivity contribution is 14.1. The SMILES string of the molecule is IC#Cc1cc[c]cc1. The van der Waals surface area contributed by atoms with Gasteiger partial charge in [0.25, 0.3) is 0 Å². The monoisotopic (exact) mass is 227 g/mol. The number of benzene rings is 1. The Morgan fingerprint density at radius 2 is 2.00 bits per heavy atom. The summed E-state index contributed by atoms with van der Waals surface area (Å²) >= 11 is 2.02. The first kappa shape index (κ1) is 6.63. The van der Waals surface area contributed by atoms with Gasteiger partial charge < -0.3 is 0 Å². The van der Waals surface area contributed by atoms with Crippen LogP contribution in [0.3, 0.4) is 0 Å². The minimum absolute atomic E-state index is 1.04. The lowest BCUT2D eigenvalue weighted by molar-refractivity contribution is 1.64. The molecule has 0 nitrogen and oxygen atoms in total. The number of hydrogen-bond donors (Lipinski definition) is 0. The molecule has 0 amide bonds. The summed E-state index contributed by atoms with van der Waals surface area (Å²) in [6.45, 7) is 0. The van der Waals surface area contributed by atoms with E-state index in [1.54, 1.807) is 0 Å². The maximum Gasteiger partial charge on any atom is 0.0253 e. The highest BCUT2D eigenvalue weighted by atomic mass is 127. The highest BCUT2D eigenvalue weighted by Gasteiger charge is 1.78. The van der Waals surface area contributed by atoms with E-state index in [2.05, 4.69) is 15.9 Å². The third-order valence-corrected chi connectivity index (χ3v) is 1.18. The second-order valence-corrected chi connectivity index (χ2v) is 2.05. The molecule has 0 aliphatic rings. The van der Waals surface area contributed by atoms with Crippen LogP contribution >= 0.6 is 22.6 Å². The average molecular weight is 227 g/mol. The maximum absolute atomic E-state index is 2.92. The summed E-state index contributed by atoms with van der Waals surface area (Å²) in [5, 5.41) is 0. The Hall–Kier alpha value is -0.490. The summed E-state index contributed by atoms with van der Waals surface area (Å²) in [6.07, 6.45) is 0. The second-order valence-electron chi connectivity index (χ2n) is 1.51. The predicted octanol–water partition coefficient (Wildman–Crippen LogP) is 2.23. The first-order valence-electron chi connectivity index (χ1n) is 2.51. The van der Waals surface area contributed by atoms with E-state index in [4.69, 9.17) is 0 Å². The Labute approximate surface area is 68.4 Å². The molecule has 0 aliphatic heterocycles. The van der Waals surface area contributed by atoms with Crippen molar-refractivity contribution in [2.75, 3.05) is 0 Å². The molecule has 0 bridgehead atoms. The van der Waals surface area contributed by atoms with Gasteiger partial charge in [0, 0.05) is 28.2 Å². The second kappa shape index (κ2) is 3.52. The summed E-state index contributed by atoms with van der Waals surface area (Å²) in [5.74, 6) is 2.92. The van der Waals surface area contributed by atoms with Crippen molar-refractivity contribution in [2.45, 2.75) is 0 Å². The number of rotatable bonds is 0. The molecule has 0 saturated heterocycles. The normalized spacial score (nSPS) is 7.67. The smallest absolute Gasteiger partial charge is 0.0253 e. The fraction of sp³-hybridized carbons (Fsp3) is 0. The number of hydrogen-bond acceptors (Lipinski definition) is 0. The first-order chi connectivity index (χ1) is 4.43. The van der Waals surface area contributed by atoms with Crippen molar-refractivity contribution in [3.05, 3.63) is 35.9 Å². The van der Waals surface area contributed by atoms with Gasteiger partial charge in [-0.25, -0.2) is 0 Å². The van der Waals surface area contributed by atoms with E-state index in [9.17, 15) is 0 Å². The highest BCUT2D eigenvalue weighted by Crippen LogP contribution is 1.94. The largest absolute Gasteiger partial charge is 0.0556 e. The standard InChI is InChI=1S/C8H4I/c9-7-6-8-4-2-1-3-5-8/h2-5H. The summed E-state index contributed by atoms with van der Waals surface area (Å²) in [4.78, 5) is 0. The number of halogens is 1. The fourth-order valence-corrected chi connectivity index (χ4v) is 0.836. The van der Waals surface area contributed by atoms with Crippen LogP contribution in [0, 0.1) is 15.9 Å². The molecule has 0 unspecified atom stereocenters. The molecule has 1 aromatic carbocycles. The van der Waals surface area contributed by atoms with Gasteiger partial charge in [-0.15, -0.1) is 0 Å². The summed E-state index contributed by atoms with van der Waals surface area (Å²) in [5.41, 5.74) is 1.04. The molecule has 0 spiro atoms. The van der Waals surface area contributed by atoms with Gasteiger partial charge in [0.05, 0.1) is 0 Å². The van der Waals surface area contributed by atoms with Crippen molar-refractivity contribution in [3.8, 4) is 9.85 Å². The zero-order chi connectivity index (χ0) is 6.53. The van der Waals surface area contributed by atoms with Crippen LogP contribution in [-0.2, 0) is 0 Å². The van der Waals surface area contributed by atoms with E-state index in [1.165, 1.54) is 0 Å². The molecular formula is C8H4I. The Morgan fingerprint density at radius 3 is 2.56 bits per heavy atom. The van der Waals surface area contributed by atoms with Crippen LogP contribution in [0.2, 0.25) is 0 Å². The van der Waals surface area contributed by atoms with Crippen molar-refractivity contribution in [1.82, 2.24) is 0 Å². The lowest BCUT2D eigenvalue weighted by Gasteiger charge is -1.82. The molecule has 43 valence electrons. The van der Waals surface area contributed by atoms with Crippen molar-refractivity contribution in [3.63, 3.8) is 0 Å². The Morgan fingerprint density at radius 1 is 1.33 bits per heavy atom. The molecule has 1 radical (unpaired) electrons. The third kappa shape index (κ3) is 2.06. The molecule has 9 heavy (non-hydrogen) atoms. The average Bonchev–Trinajstić information content (AvgIpc) is 1.91. The Kier molecular flexibility index (Phi) is 2.59. The van der Waals surface area contributed by atoms with Crippen molar-refractivity contribution >= 4 is 22.6 Å². The van der Waals surface area contributed by atoms with Gasteiger partial charge in [-0.3, -0.25) is 0 Å². The lowest BCUT2D eigenvalue weighted by Crippen LogP contribution is -1.67. The van der Waals surface area contributed by atoms with Gasteiger partial charge in [-0.1, -0.05) is 18.1 Å². The van der Waals surface area contributed by atoms with Gasteiger partial charge in [0.1, 0.15) is 0 Å². The topological polar surface area (TPSA) is 0 Å². The Bertz CT molecular complexity index is 228. The van der Waals surface area contributed by atoms with E-state index in [1.807, 2.05) is 46.9 Å². The molecule has 0 aromatic heterocycles. The van der Waals surface area contributed by atoms with Gasteiger partial charge >= 0.3 is 0 Å². The molecule has 0 saturated carbocycles. The molecule has 0 aliphatic carbocycles. The van der Waals surface area contributed by atoms with E-state index >= 15 is 0 Å². The van der Waals surface area contributed by atoms with Crippen molar-refractivity contribution in [1.29, 1.82) is 0 Å². The molecule has 1 heteroatoms. The molecule has 1 rings (SSSR count). The van der Waals surface area contributed by atoms with E-state index in [-0.39, 0.29) is 0 Å². The summed E-state index contributed by atoms with van der Waals surface area (Å²) < 4.78 is 2.79.